The lowest BCUT2D eigenvalue weighted by Gasteiger charge is -2.22. The SMILES string of the molecule is O=C1COc2cc(N3C(=O)C4=C(CCCC4)C3=O)c(F)cc2N1. The third-order valence-electron chi connectivity index (χ3n) is 4.31. The first-order chi connectivity index (χ1) is 11.1. The van der Waals surface area contributed by atoms with Gasteiger partial charge in [-0.2, -0.15) is 0 Å². The average Bonchev–Trinajstić information content (AvgIpc) is 2.79. The van der Waals surface area contributed by atoms with Gasteiger partial charge in [0.15, 0.2) is 6.61 Å². The molecule has 1 aromatic carbocycles. The van der Waals surface area contributed by atoms with Crippen molar-refractivity contribution < 1.29 is 23.5 Å². The summed E-state index contributed by atoms with van der Waals surface area (Å²) in [6.45, 7) is -0.186. The van der Waals surface area contributed by atoms with Crippen LogP contribution < -0.4 is 15.0 Å². The maximum atomic E-state index is 14.4. The van der Waals surface area contributed by atoms with E-state index in [1.54, 1.807) is 0 Å². The predicted molar refractivity (Wildman–Crippen MR) is 78.5 cm³/mol. The molecule has 0 atom stereocenters. The van der Waals surface area contributed by atoms with Crippen LogP contribution in [-0.4, -0.2) is 24.3 Å². The molecule has 3 aliphatic rings. The molecule has 0 fully saturated rings. The number of hydrogen-bond donors (Lipinski definition) is 1. The number of amides is 3. The van der Waals surface area contributed by atoms with Gasteiger partial charge in [0.1, 0.15) is 11.6 Å². The van der Waals surface area contributed by atoms with Gasteiger partial charge in [0.2, 0.25) is 0 Å². The summed E-state index contributed by atoms with van der Waals surface area (Å²) in [6.07, 6.45) is 2.81. The average molecular weight is 316 g/mol. The summed E-state index contributed by atoms with van der Waals surface area (Å²) in [7, 11) is 0. The molecule has 0 saturated heterocycles. The maximum absolute atomic E-state index is 14.4. The van der Waals surface area contributed by atoms with Gasteiger partial charge in [-0.3, -0.25) is 14.4 Å². The lowest BCUT2D eigenvalue weighted by Crippen LogP contribution is -2.33. The Kier molecular flexibility index (Phi) is 2.97. The van der Waals surface area contributed by atoms with Crippen LogP contribution in [0.3, 0.4) is 0 Å². The standard InChI is InChI=1S/C16H13FN2O4/c17-10-5-11-13(23-7-14(20)18-11)6-12(10)19-15(21)8-3-1-2-4-9(8)16(19)22/h5-6H,1-4,7H2,(H,18,20). The highest BCUT2D eigenvalue weighted by Gasteiger charge is 2.41. The van der Waals surface area contributed by atoms with Gasteiger partial charge in [-0.1, -0.05) is 0 Å². The number of hydrogen-bond acceptors (Lipinski definition) is 4. The van der Waals surface area contributed by atoms with Crippen molar-refractivity contribution in [3.8, 4) is 5.75 Å². The normalized spacial score (nSPS) is 20.2. The Bertz CT molecular complexity index is 772. The van der Waals surface area contributed by atoms with Crippen molar-refractivity contribution >= 4 is 29.1 Å². The van der Waals surface area contributed by atoms with Crippen LogP contribution in [0.15, 0.2) is 23.3 Å². The Morgan fingerprint density at radius 3 is 2.35 bits per heavy atom. The molecule has 0 saturated carbocycles. The van der Waals surface area contributed by atoms with E-state index in [0.717, 1.165) is 23.8 Å². The summed E-state index contributed by atoms with van der Waals surface area (Å²) in [6, 6.07) is 2.36. The van der Waals surface area contributed by atoms with Gasteiger partial charge in [-0.15, -0.1) is 0 Å². The second-order valence-electron chi connectivity index (χ2n) is 5.75. The van der Waals surface area contributed by atoms with Crippen molar-refractivity contribution in [3.05, 3.63) is 29.1 Å². The van der Waals surface area contributed by atoms with Gasteiger partial charge >= 0.3 is 0 Å². The molecule has 2 heterocycles. The minimum Gasteiger partial charge on any atom is -0.481 e. The molecule has 1 N–H and O–H groups in total. The highest BCUT2D eigenvalue weighted by Crippen LogP contribution is 2.40. The molecule has 1 aromatic rings. The first kappa shape index (κ1) is 13.9. The molecule has 1 aliphatic carbocycles. The molecule has 0 bridgehead atoms. The minimum absolute atomic E-state index is 0.135. The second-order valence-corrected chi connectivity index (χ2v) is 5.75. The van der Waals surface area contributed by atoms with Gasteiger partial charge in [-0.25, -0.2) is 9.29 Å². The van der Waals surface area contributed by atoms with Crippen molar-refractivity contribution in [2.24, 2.45) is 0 Å². The molecular weight excluding hydrogens is 303 g/mol. The number of nitrogens with zero attached hydrogens (tertiary/aromatic N) is 1. The van der Waals surface area contributed by atoms with Crippen molar-refractivity contribution in [2.45, 2.75) is 25.7 Å². The third-order valence-corrected chi connectivity index (χ3v) is 4.31. The van der Waals surface area contributed by atoms with Crippen molar-refractivity contribution in [1.82, 2.24) is 0 Å². The van der Waals surface area contributed by atoms with Crippen LogP contribution >= 0.6 is 0 Å². The molecule has 7 heteroatoms. The molecule has 4 rings (SSSR count). The fourth-order valence-corrected chi connectivity index (χ4v) is 3.22. The Labute approximate surface area is 130 Å². The van der Waals surface area contributed by atoms with Crippen LogP contribution in [0.5, 0.6) is 5.75 Å². The van der Waals surface area contributed by atoms with Gasteiger partial charge < -0.3 is 10.1 Å². The van der Waals surface area contributed by atoms with Crippen molar-refractivity contribution in [1.29, 1.82) is 0 Å². The lowest BCUT2D eigenvalue weighted by atomic mass is 9.93. The van der Waals surface area contributed by atoms with E-state index in [2.05, 4.69) is 5.32 Å². The van der Waals surface area contributed by atoms with E-state index < -0.39 is 17.6 Å². The number of halogens is 1. The number of ether oxygens (including phenoxy) is 1. The zero-order valence-corrected chi connectivity index (χ0v) is 12.1. The Hall–Kier alpha value is -2.70. The number of anilines is 2. The lowest BCUT2D eigenvalue weighted by molar-refractivity contribution is -0.121. The topological polar surface area (TPSA) is 75.7 Å². The van der Waals surface area contributed by atoms with Crippen molar-refractivity contribution in [3.63, 3.8) is 0 Å². The van der Waals surface area contributed by atoms with Gasteiger partial charge in [0.05, 0.1) is 11.4 Å². The smallest absolute Gasteiger partial charge is 0.262 e. The van der Waals surface area contributed by atoms with E-state index in [9.17, 15) is 18.8 Å². The number of fused-ring (bicyclic) bond motifs is 1. The van der Waals surface area contributed by atoms with E-state index >= 15 is 0 Å². The summed E-state index contributed by atoms with van der Waals surface area (Å²) in [5, 5.41) is 2.49. The number of imide groups is 1. The van der Waals surface area contributed by atoms with Crippen LogP contribution in [0.25, 0.3) is 0 Å². The largest absolute Gasteiger partial charge is 0.481 e. The molecule has 118 valence electrons. The van der Waals surface area contributed by atoms with E-state index in [1.165, 1.54) is 6.07 Å². The highest BCUT2D eigenvalue weighted by atomic mass is 19.1. The van der Waals surface area contributed by atoms with E-state index in [-0.39, 0.29) is 29.6 Å². The first-order valence-corrected chi connectivity index (χ1v) is 7.43. The van der Waals surface area contributed by atoms with Crippen molar-refractivity contribution in [2.75, 3.05) is 16.8 Å². The summed E-state index contributed by atoms with van der Waals surface area (Å²) in [4.78, 5) is 37.1. The Balaban J connectivity index is 1.76. The fourth-order valence-electron chi connectivity index (χ4n) is 3.22. The van der Waals surface area contributed by atoms with E-state index in [4.69, 9.17) is 4.74 Å². The van der Waals surface area contributed by atoms with E-state index in [1.807, 2.05) is 0 Å². The van der Waals surface area contributed by atoms with Gasteiger partial charge in [-0.05, 0) is 25.7 Å². The fraction of sp³-hybridized carbons (Fsp3) is 0.312. The summed E-state index contributed by atoms with van der Waals surface area (Å²) < 4.78 is 19.6. The van der Waals surface area contributed by atoms with Crippen LogP contribution in [0.2, 0.25) is 0 Å². The summed E-state index contributed by atoms with van der Waals surface area (Å²) in [5.74, 6) is -1.80. The highest BCUT2D eigenvalue weighted by molar-refractivity contribution is 6.33. The third kappa shape index (κ3) is 2.03. The molecule has 6 nitrogen and oxygen atoms in total. The van der Waals surface area contributed by atoms with Crippen LogP contribution in [0.4, 0.5) is 15.8 Å². The Morgan fingerprint density at radius 1 is 1.04 bits per heavy atom. The zero-order valence-electron chi connectivity index (χ0n) is 12.1. The van der Waals surface area contributed by atoms with Crippen LogP contribution in [-0.2, 0) is 14.4 Å². The van der Waals surface area contributed by atoms with Gasteiger partial charge in [0, 0.05) is 23.3 Å². The van der Waals surface area contributed by atoms with Crippen LogP contribution in [0.1, 0.15) is 25.7 Å². The molecule has 2 aliphatic heterocycles. The second kappa shape index (κ2) is 4.91. The molecule has 0 unspecified atom stereocenters. The summed E-state index contributed by atoms with van der Waals surface area (Å²) in [5.41, 5.74) is 1.05. The number of benzene rings is 1. The van der Waals surface area contributed by atoms with Gasteiger partial charge in [0.25, 0.3) is 17.7 Å². The number of rotatable bonds is 1. The number of carbonyl (C=O) groups excluding carboxylic acids is 3. The van der Waals surface area contributed by atoms with E-state index in [0.29, 0.717) is 24.0 Å². The Morgan fingerprint density at radius 2 is 1.70 bits per heavy atom. The summed E-state index contributed by atoms with van der Waals surface area (Å²) >= 11 is 0. The first-order valence-electron chi connectivity index (χ1n) is 7.43. The number of nitrogens with one attached hydrogen (secondary N) is 1. The number of carbonyl (C=O) groups is 3. The molecule has 0 radical (unpaired) electrons. The maximum Gasteiger partial charge on any atom is 0.262 e. The minimum atomic E-state index is -0.754. The quantitative estimate of drug-likeness (QED) is 0.803. The molecular formula is C16H13FN2O4. The van der Waals surface area contributed by atoms with Crippen LogP contribution in [0, 0.1) is 5.82 Å². The molecule has 0 aromatic heterocycles. The molecule has 23 heavy (non-hydrogen) atoms. The zero-order chi connectivity index (χ0) is 16.1. The monoisotopic (exact) mass is 316 g/mol. The molecule has 0 spiro atoms. The molecule has 3 amide bonds. The predicted octanol–water partition coefficient (Wildman–Crippen LogP) is 1.90.